The van der Waals surface area contributed by atoms with Crippen molar-refractivity contribution in [1.82, 2.24) is 9.88 Å². The molecule has 1 unspecified atom stereocenters. The number of likely N-dealkylation sites (tertiary alicyclic amines) is 1. The summed E-state index contributed by atoms with van der Waals surface area (Å²) < 4.78 is 14.7. The van der Waals surface area contributed by atoms with Crippen LogP contribution in [0.2, 0.25) is 5.02 Å². The van der Waals surface area contributed by atoms with Crippen LogP contribution in [0.3, 0.4) is 0 Å². The molecule has 0 saturated carbocycles. The summed E-state index contributed by atoms with van der Waals surface area (Å²) in [6.07, 6.45) is 3.16. The van der Waals surface area contributed by atoms with Gasteiger partial charge in [0.05, 0.1) is 11.6 Å². The van der Waals surface area contributed by atoms with E-state index in [1.807, 2.05) is 0 Å². The van der Waals surface area contributed by atoms with E-state index < -0.39 is 23.5 Å². The van der Waals surface area contributed by atoms with Crippen molar-refractivity contribution in [3.05, 3.63) is 106 Å². The first-order chi connectivity index (χ1) is 14.5. The lowest BCUT2D eigenvalue weighted by atomic mass is 9.95. The smallest absolute Gasteiger partial charge is 0.295 e. The Balaban J connectivity index is 1.88. The van der Waals surface area contributed by atoms with Gasteiger partial charge in [-0.2, -0.15) is 0 Å². The second-order valence-corrected chi connectivity index (χ2v) is 7.25. The first kappa shape index (κ1) is 19.8. The van der Waals surface area contributed by atoms with Crippen LogP contribution in [-0.2, 0) is 16.1 Å². The second kappa shape index (κ2) is 8.08. The molecule has 5 nitrogen and oxygen atoms in total. The zero-order valence-corrected chi connectivity index (χ0v) is 16.4. The van der Waals surface area contributed by atoms with Gasteiger partial charge in [0.25, 0.3) is 11.7 Å². The average molecular weight is 423 g/mol. The van der Waals surface area contributed by atoms with Crippen LogP contribution < -0.4 is 0 Å². The fraction of sp³-hybridized carbons (Fsp3) is 0.0870. The highest BCUT2D eigenvalue weighted by atomic mass is 35.5. The molecule has 1 saturated heterocycles. The topological polar surface area (TPSA) is 70.5 Å². The van der Waals surface area contributed by atoms with Crippen molar-refractivity contribution in [2.24, 2.45) is 0 Å². The summed E-state index contributed by atoms with van der Waals surface area (Å²) in [5, 5.41) is 11.4. The zero-order chi connectivity index (χ0) is 21.3. The number of hydrogen-bond donors (Lipinski definition) is 1. The number of Topliss-reactive ketones (excluding diaryl/α,β-unsaturated/α-hetero) is 1. The van der Waals surface area contributed by atoms with E-state index in [4.69, 9.17) is 11.6 Å². The highest BCUT2D eigenvalue weighted by molar-refractivity contribution is 6.46. The number of pyridine rings is 1. The van der Waals surface area contributed by atoms with Crippen LogP contribution in [0.15, 0.2) is 78.6 Å². The number of rotatable bonds is 4. The van der Waals surface area contributed by atoms with Gasteiger partial charge < -0.3 is 10.0 Å². The Labute approximate surface area is 177 Å². The predicted molar refractivity (Wildman–Crippen MR) is 110 cm³/mol. The van der Waals surface area contributed by atoms with Crippen LogP contribution in [0.4, 0.5) is 4.39 Å². The third-order valence-electron chi connectivity index (χ3n) is 4.93. The number of ketones is 1. The quantitative estimate of drug-likeness (QED) is 0.382. The molecule has 2 aromatic carbocycles. The van der Waals surface area contributed by atoms with Gasteiger partial charge in [-0.05, 0) is 42.0 Å². The number of amides is 1. The van der Waals surface area contributed by atoms with Crippen molar-refractivity contribution in [2.75, 3.05) is 0 Å². The first-order valence-corrected chi connectivity index (χ1v) is 9.53. The molecule has 2 heterocycles. The molecular weight excluding hydrogens is 407 g/mol. The normalized spacial score (nSPS) is 18.1. The Morgan fingerprint density at radius 3 is 2.47 bits per heavy atom. The maximum atomic E-state index is 14.7. The molecule has 1 atom stereocenters. The maximum Gasteiger partial charge on any atom is 0.295 e. The Morgan fingerprint density at radius 1 is 1.07 bits per heavy atom. The van der Waals surface area contributed by atoms with Crippen LogP contribution in [0.25, 0.3) is 5.76 Å². The average Bonchev–Trinajstić information content (AvgIpc) is 3.00. The SMILES string of the molecule is O=C1C(=O)N(Cc2cccnc2)C(c2ccccc2F)/C1=C(/O)c1ccc(Cl)cc1. The van der Waals surface area contributed by atoms with Crippen molar-refractivity contribution in [3.63, 3.8) is 0 Å². The van der Waals surface area contributed by atoms with Gasteiger partial charge in [-0.25, -0.2) is 4.39 Å². The fourth-order valence-electron chi connectivity index (χ4n) is 3.51. The van der Waals surface area contributed by atoms with Gasteiger partial charge >= 0.3 is 0 Å². The summed E-state index contributed by atoms with van der Waals surface area (Å²) in [4.78, 5) is 31.1. The third kappa shape index (κ3) is 3.57. The van der Waals surface area contributed by atoms with Crippen molar-refractivity contribution in [2.45, 2.75) is 12.6 Å². The summed E-state index contributed by atoms with van der Waals surface area (Å²) in [5.41, 5.74) is 0.930. The van der Waals surface area contributed by atoms with Crippen LogP contribution in [0.5, 0.6) is 0 Å². The minimum atomic E-state index is -1.08. The molecule has 0 radical (unpaired) electrons. The Kier molecular flexibility index (Phi) is 5.33. The Morgan fingerprint density at radius 2 is 1.80 bits per heavy atom. The Bertz CT molecular complexity index is 1150. The van der Waals surface area contributed by atoms with Gasteiger partial charge in [-0.15, -0.1) is 0 Å². The van der Waals surface area contributed by atoms with Crippen LogP contribution in [-0.4, -0.2) is 26.7 Å². The second-order valence-electron chi connectivity index (χ2n) is 6.82. The molecule has 1 aliphatic rings. The summed E-state index contributed by atoms with van der Waals surface area (Å²) in [6, 6.07) is 14.4. The molecule has 1 amide bonds. The Hall–Kier alpha value is -3.51. The highest BCUT2D eigenvalue weighted by Crippen LogP contribution is 2.41. The van der Waals surface area contributed by atoms with Crippen molar-refractivity contribution >= 4 is 29.1 Å². The molecule has 1 aromatic heterocycles. The lowest BCUT2D eigenvalue weighted by molar-refractivity contribution is -0.140. The van der Waals surface area contributed by atoms with Crippen LogP contribution in [0, 0.1) is 5.82 Å². The number of halogens is 2. The summed E-state index contributed by atoms with van der Waals surface area (Å²) >= 11 is 5.90. The van der Waals surface area contributed by atoms with E-state index in [0.717, 1.165) is 0 Å². The number of hydrogen-bond acceptors (Lipinski definition) is 4. The first-order valence-electron chi connectivity index (χ1n) is 9.15. The number of carbonyl (C=O) groups is 2. The van der Waals surface area contributed by atoms with Gasteiger partial charge in [0, 0.05) is 35.1 Å². The summed E-state index contributed by atoms with van der Waals surface area (Å²) in [6.45, 7) is 0.0365. The third-order valence-corrected chi connectivity index (χ3v) is 5.19. The monoisotopic (exact) mass is 422 g/mol. The fourth-order valence-corrected chi connectivity index (χ4v) is 3.64. The molecule has 7 heteroatoms. The highest BCUT2D eigenvalue weighted by Gasteiger charge is 2.46. The molecule has 1 N–H and O–H groups in total. The number of aliphatic hydroxyl groups excluding tert-OH is 1. The van der Waals surface area contributed by atoms with Gasteiger partial charge in [0.15, 0.2) is 0 Å². The standard InChI is InChI=1S/C23H16ClFN2O3/c24-16-9-7-15(8-10-16)21(28)19-20(17-5-1-2-6-18(17)25)27(23(30)22(19)29)13-14-4-3-11-26-12-14/h1-12,20,28H,13H2/b21-19-. The molecule has 0 aliphatic carbocycles. The number of carbonyl (C=O) groups excluding carboxylic acids is 2. The number of nitrogens with zero attached hydrogens (tertiary/aromatic N) is 2. The van der Waals surface area contributed by atoms with Gasteiger partial charge in [0.2, 0.25) is 0 Å². The van der Waals surface area contributed by atoms with E-state index in [-0.39, 0.29) is 23.4 Å². The van der Waals surface area contributed by atoms with Crippen molar-refractivity contribution in [1.29, 1.82) is 0 Å². The van der Waals surface area contributed by atoms with Crippen molar-refractivity contribution in [3.8, 4) is 0 Å². The summed E-state index contributed by atoms with van der Waals surface area (Å²) in [5.74, 6) is -2.66. The molecule has 30 heavy (non-hydrogen) atoms. The minimum Gasteiger partial charge on any atom is -0.507 e. The van der Waals surface area contributed by atoms with E-state index in [1.165, 1.54) is 35.2 Å². The van der Waals surface area contributed by atoms with Gasteiger partial charge in [-0.3, -0.25) is 14.6 Å². The lowest BCUT2D eigenvalue weighted by Gasteiger charge is -2.25. The largest absolute Gasteiger partial charge is 0.507 e. The van der Waals surface area contributed by atoms with Crippen LogP contribution in [0.1, 0.15) is 22.7 Å². The molecule has 1 aliphatic heterocycles. The van der Waals surface area contributed by atoms with E-state index in [9.17, 15) is 19.1 Å². The van der Waals surface area contributed by atoms with Gasteiger partial charge in [-0.1, -0.05) is 35.9 Å². The van der Waals surface area contributed by atoms with Crippen molar-refractivity contribution < 1.29 is 19.1 Å². The zero-order valence-electron chi connectivity index (χ0n) is 15.6. The molecular formula is C23H16ClFN2O3. The van der Waals surface area contributed by atoms with E-state index in [1.54, 1.807) is 42.7 Å². The van der Waals surface area contributed by atoms with E-state index >= 15 is 0 Å². The number of aromatic nitrogens is 1. The molecule has 0 spiro atoms. The minimum absolute atomic E-state index is 0.0365. The molecule has 4 rings (SSSR count). The van der Waals surface area contributed by atoms with E-state index in [2.05, 4.69) is 4.98 Å². The van der Waals surface area contributed by atoms with Crippen LogP contribution >= 0.6 is 11.6 Å². The molecule has 1 fully saturated rings. The van der Waals surface area contributed by atoms with Gasteiger partial charge in [0.1, 0.15) is 11.6 Å². The number of aliphatic hydroxyl groups is 1. The summed E-state index contributed by atoms with van der Waals surface area (Å²) in [7, 11) is 0. The lowest BCUT2D eigenvalue weighted by Crippen LogP contribution is -2.29. The van der Waals surface area contributed by atoms with E-state index in [0.29, 0.717) is 16.1 Å². The predicted octanol–water partition coefficient (Wildman–Crippen LogP) is 4.50. The molecule has 3 aromatic rings. The maximum absolute atomic E-state index is 14.7. The molecule has 0 bridgehead atoms. The number of benzene rings is 2. The molecule has 150 valence electrons.